The predicted molar refractivity (Wildman–Crippen MR) is 88.2 cm³/mol. The smallest absolute Gasteiger partial charge is 0.261 e. The molecule has 0 radical (unpaired) electrons. The highest BCUT2D eigenvalue weighted by molar-refractivity contribution is 7.12. The van der Waals surface area contributed by atoms with Crippen LogP contribution >= 0.6 is 11.3 Å². The molecule has 3 rings (SSSR count). The fraction of sp³-hybridized carbons (Fsp3) is 0.353. The highest BCUT2D eigenvalue weighted by Gasteiger charge is 2.21. The third-order valence-corrected chi connectivity index (χ3v) is 4.65. The maximum atomic E-state index is 11.9. The molecule has 0 unspecified atom stereocenters. The lowest BCUT2D eigenvalue weighted by Crippen LogP contribution is -2.42. The third kappa shape index (κ3) is 3.94. The lowest BCUT2D eigenvalue weighted by molar-refractivity contribution is -0.0293. The SMILES string of the molecule is O=C(NCCN1CCO[C@@H](c2ccccc2)C1)c1cccs1. The molecule has 2 heterocycles. The molecule has 1 aromatic heterocycles. The molecule has 0 aliphatic carbocycles. The summed E-state index contributed by atoms with van der Waals surface area (Å²) in [5, 5.41) is 4.89. The van der Waals surface area contributed by atoms with Crippen molar-refractivity contribution < 1.29 is 9.53 Å². The van der Waals surface area contributed by atoms with Crippen LogP contribution in [0.2, 0.25) is 0 Å². The lowest BCUT2D eigenvalue weighted by atomic mass is 10.1. The van der Waals surface area contributed by atoms with Gasteiger partial charge in [0.1, 0.15) is 0 Å². The van der Waals surface area contributed by atoms with Crippen molar-refractivity contribution in [1.29, 1.82) is 0 Å². The van der Waals surface area contributed by atoms with Crippen LogP contribution in [-0.2, 0) is 4.74 Å². The summed E-state index contributed by atoms with van der Waals surface area (Å²) >= 11 is 1.47. The summed E-state index contributed by atoms with van der Waals surface area (Å²) in [6, 6.07) is 14.0. The van der Waals surface area contributed by atoms with Crippen molar-refractivity contribution in [2.24, 2.45) is 0 Å². The van der Waals surface area contributed by atoms with Gasteiger partial charge in [-0.25, -0.2) is 0 Å². The first-order valence-corrected chi connectivity index (χ1v) is 8.41. The number of hydrogen-bond donors (Lipinski definition) is 1. The second kappa shape index (κ2) is 7.54. The quantitative estimate of drug-likeness (QED) is 0.922. The molecule has 0 spiro atoms. The summed E-state index contributed by atoms with van der Waals surface area (Å²) in [5.74, 6) is 0.0165. The zero-order valence-corrected chi connectivity index (χ0v) is 13.2. The average molecular weight is 316 g/mol. The Hall–Kier alpha value is -1.69. The molecule has 1 saturated heterocycles. The fourth-order valence-electron chi connectivity index (χ4n) is 2.60. The van der Waals surface area contributed by atoms with Crippen molar-refractivity contribution in [3.05, 3.63) is 58.3 Å². The van der Waals surface area contributed by atoms with Gasteiger partial charge in [-0.3, -0.25) is 9.69 Å². The maximum Gasteiger partial charge on any atom is 0.261 e. The number of hydrogen-bond acceptors (Lipinski definition) is 4. The van der Waals surface area contributed by atoms with Crippen molar-refractivity contribution >= 4 is 17.2 Å². The van der Waals surface area contributed by atoms with Gasteiger partial charge in [-0.15, -0.1) is 11.3 Å². The van der Waals surface area contributed by atoms with Gasteiger partial charge in [0, 0.05) is 26.2 Å². The van der Waals surface area contributed by atoms with E-state index in [-0.39, 0.29) is 12.0 Å². The highest BCUT2D eigenvalue weighted by atomic mass is 32.1. The van der Waals surface area contributed by atoms with E-state index in [0.29, 0.717) is 6.54 Å². The zero-order chi connectivity index (χ0) is 15.2. The number of morpholine rings is 1. The summed E-state index contributed by atoms with van der Waals surface area (Å²) in [6.07, 6.45) is 0.128. The molecule has 5 heteroatoms. The van der Waals surface area contributed by atoms with Crippen LogP contribution in [0.4, 0.5) is 0 Å². The van der Waals surface area contributed by atoms with E-state index < -0.39 is 0 Å². The standard InChI is InChI=1S/C17H20N2O2S/c20-17(16-7-4-12-22-16)18-8-9-19-10-11-21-15(13-19)14-5-2-1-3-6-14/h1-7,12,15H,8-11,13H2,(H,18,20)/t15-/m1/s1. The number of ether oxygens (including phenoxy) is 1. The lowest BCUT2D eigenvalue weighted by Gasteiger charge is -2.33. The number of carbonyl (C=O) groups excluding carboxylic acids is 1. The molecule has 1 amide bonds. The molecule has 1 atom stereocenters. The van der Waals surface area contributed by atoms with Crippen molar-refractivity contribution in [3.8, 4) is 0 Å². The van der Waals surface area contributed by atoms with Crippen molar-refractivity contribution in [2.75, 3.05) is 32.8 Å². The number of rotatable bonds is 5. The van der Waals surface area contributed by atoms with Gasteiger partial charge in [0.2, 0.25) is 0 Å². The van der Waals surface area contributed by atoms with Gasteiger partial charge in [0.25, 0.3) is 5.91 Å². The first-order chi connectivity index (χ1) is 10.8. The van der Waals surface area contributed by atoms with Crippen LogP contribution in [0.25, 0.3) is 0 Å². The molecule has 1 fully saturated rings. The van der Waals surface area contributed by atoms with E-state index in [9.17, 15) is 4.79 Å². The predicted octanol–water partition coefficient (Wildman–Crippen LogP) is 2.55. The molecule has 1 N–H and O–H groups in total. The van der Waals surface area contributed by atoms with E-state index >= 15 is 0 Å². The molecule has 116 valence electrons. The monoisotopic (exact) mass is 316 g/mol. The fourth-order valence-corrected chi connectivity index (χ4v) is 3.24. The van der Waals surface area contributed by atoms with Crippen LogP contribution in [0.1, 0.15) is 21.3 Å². The first kappa shape index (κ1) is 15.2. The second-order valence-electron chi connectivity index (χ2n) is 5.30. The van der Waals surface area contributed by atoms with Gasteiger partial charge in [-0.1, -0.05) is 36.4 Å². The second-order valence-corrected chi connectivity index (χ2v) is 6.25. The summed E-state index contributed by atoms with van der Waals surface area (Å²) in [4.78, 5) is 15.0. The number of benzene rings is 1. The molecule has 0 bridgehead atoms. The third-order valence-electron chi connectivity index (χ3n) is 3.78. The van der Waals surface area contributed by atoms with Gasteiger partial charge >= 0.3 is 0 Å². The molecule has 4 nitrogen and oxygen atoms in total. The largest absolute Gasteiger partial charge is 0.371 e. The van der Waals surface area contributed by atoms with E-state index in [2.05, 4.69) is 22.3 Å². The molecular formula is C17H20N2O2S. The Bertz CT molecular complexity index is 586. The average Bonchev–Trinajstić information content (AvgIpc) is 3.10. The van der Waals surface area contributed by atoms with E-state index in [0.717, 1.165) is 31.1 Å². The number of nitrogens with zero attached hydrogens (tertiary/aromatic N) is 1. The number of amides is 1. The molecular weight excluding hydrogens is 296 g/mol. The van der Waals surface area contributed by atoms with Crippen molar-refractivity contribution in [3.63, 3.8) is 0 Å². The van der Waals surface area contributed by atoms with Crippen LogP contribution in [0, 0.1) is 0 Å². The first-order valence-electron chi connectivity index (χ1n) is 7.53. The minimum atomic E-state index is 0.0165. The minimum Gasteiger partial charge on any atom is -0.371 e. The Balaban J connectivity index is 1.46. The molecule has 2 aromatic rings. The molecule has 1 aromatic carbocycles. The Labute approximate surface area is 134 Å². The van der Waals surface area contributed by atoms with Crippen LogP contribution in [0.15, 0.2) is 47.8 Å². The summed E-state index contributed by atoms with van der Waals surface area (Å²) < 4.78 is 5.85. The molecule has 22 heavy (non-hydrogen) atoms. The van der Waals surface area contributed by atoms with Gasteiger partial charge in [-0.05, 0) is 17.0 Å². The van der Waals surface area contributed by atoms with Gasteiger partial charge in [-0.2, -0.15) is 0 Å². The minimum absolute atomic E-state index is 0.0165. The molecule has 1 aliphatic rings. The van der Waals surface area contributed by atoms with Crippen molar-refractivity contribution in [2.45, 2.75) is 6.10 Å². The Morgan fingerprint density at radius 1 is 1.27 bits per heavy atom. The number of carbonyl (C=O) groups is 1. The normalized spacial score (nSPS) is 19.0. The van der Waals surface area contributed by atoms with Gasteiger partial charge < -0.3 is 10.1 Å². The van der Waals surface area contributed by atoms with E-state index in [4.69, 9.17) is 4.74 Å². The van der Waals surface area contributed by atoms with E-state index in [1.165, 1.54) is 16.9 Å². The van der Waals surface area contributed by atoms with Crippen LogP contribution in [-0.4, -0.2) is 43.6 Å². The zero-order valence-electron chi connectivity index (χ0n) is 12.4. The van der Waals surface area contributed by atoms with Crippen LogP contribution in [0.3, 0.4) is 0 Å². The highest BCUT2D eigenvalue weighted by Crippen LogP contribution is 2.21. The van der Waals surface area contributed by atoms with E-state index in [1.807, 2.05) is 35.7 Å². The Morgan fingerprint density at radius 2 is 2.14 bits per heavy atom. The molecule has 0 saturated carbocycles. The van der Waals surface area contributed by atoms with Gasteiger partial charge in [0.05, 0.1) is 17.6 Å². The molecule has 1 aliphatic heterocycles. The summed E-state index contributed by atoms with van der Waals surface area (Å²) in [5.41, 5.74) is 1.22. The van der Waals surface area contributed by atoms with E-state index in [1.54, 1.807) is 0 Å². The maximum absolute atomic E-state index is 11.9. The van der Waals surface area contributed by atoms with Gasteiger partial charge in [0.15, 0.2) is 0 Å². The van der Waals surface area contributed by atoms with Crippen LogP contribution in [0.5, 0.6) is 0 Å². The Kier molecular flexibility index (Phi) is 5.21. The Morgan fingerprint density at radius 3 is 2.91 bits per heavy atom. The topological polar surface area (TPSA) is 41.6 Å². The van der Waals surface area contributed by atoms with Crippen LogP contribution < -0.4 is 5.32 Å². The number of thiophene rings is 1. The number of nitrogens with one attached hydrogen (secondary N) is 1. The van der Waals surface area contributed by atoms with Crippen molar-refractivity contribution in [1.82, 2.24) is 10.2 Å². The summed E-state index contributed by atoms with van der Waals surface area (Å²) in [6.45, 7) is 4.04. The summed E-state index contributed by atoms with van der Waals surface area (Å²) in [7, 11) is 0.